The first-order chi connectivity index (χ1) is 12.6. The first-order valence-corrected chi connectivity index (χ1v) is 9.03. The maximum atomic E-state index is 11.6. The molecule has 2 unspecified atom stereocenters. The number of thioether (sulfide) groups is 1. The van der Waals surface area contributed by atoms with Crippen molar-refractivity contribution in [2.24, 2.45) is 0 Å². The van der Waals surface area contributed by atoms with Crippen molar-refractivity contribution in [3.8, 4) is 5.75 Å². The van der Waals surface area contributed by atoms with Gasteiger partial charge < -0.3 is 9.72 Å². The Morgan fingerprint density at radius 2 is 2.04 bits per heavy atom. The molecular formula is C18H16N4O3S. The number of imide groups is 1. The van der Waals surface area contributed by atoms with E-state index < -0.39 is 0 Å². The summed E-state index contributed by atoms with van der Waals surface area (Å²) in [4.78, 5) is 34.6. The van der Waals surface area contributed by atoms with Gasteiger partial charge in [0.05, 0.1) is 17.0 Å². The number of nitrogens with one attached hydrogen (secondary N) is 2. The number of imidazole rings is 1. The average molecular weight is 368 g/mol. The number of ether oxygens (including phenoxy) is 1. The molecule has 2 aromatic heterocycles. The van der Waals surface area contributed by atoms with E-state index in [0.29, 0.717) is 12.2 Å². The number of rotatable bonds is 5. The maximum Gasteiger partial charge on any atom is 0.286 e. The average Bonchev–Trinajstić information content (AvgIpc) is 3.19. The highest BCUT2D eigenvalue weighted by Gasteiger charge is 2.31. The van der Waals surface area contributed by atoms with Gasteiger partial charge in [0.25, 0.3) is 5.24 Å². The van der Waals surface area contributed by atoms with Crippen LogP contribution in [-0.4, -0.2) is 31.3 Å². The second-order valence-electron chi connectivity index (χ2n) is 6.01. The molecule has 0 bridgehead atoms. The lowest BCUT2D eigenvalue weighted by atomic mass is 10.1. The smallest absolute Gasteiger partial charge is 0.286 e. The molecule has 0 aliphatic carbocycles. The molecule has 2 amide bonds. The first-order valence-electron chi connectivity index (χ1n) is 8.15. The first kappa shape index (κ1) is 16.6. The van der Waals surface area contributed by atoms with E-state index in [1.54, 1.807) is 12.4 Å². The quantitative estimate of drug-likeness (QED) is 0.719. The molecule has 3 heterocycles. The van der Waals surface area contributed by atoms with E-state index in [9.17, 15) is 9.59 Å². The van der Waals surface area contributed by atoms with Crippen molar-refractivity contribution in [1.29, 1.82) is 0 Å². The Morgan fingerprint density at radius 3 is 2.73 bits per heavy atom. The van der Waals surface area contributed by atoms with E-state index in [4.69, 9.17) is 4.74 Å². The van der Waals surface area contributed by atoms with Crippen molar-refractivity contribution in [3.05, 3.63) is 54.1 Å². The summed E-state index contributed by atoms with van der Waals surface area (Å²) in [5.41, 5.74) is 2.69. The van der Waals surface area contributed by atoms with E-state index in [2.05, 4.69) is 20.3 Å². The number of pyridine rings is 1. The van der Waals surface area contributed by atoms with Crippen LogP contribution in [0.25, 0.3) is 11.0 Å². The molecule has 0 spiro atoms. The van der Waals surface area contributed by atoms with Crippen molar-refractivity contribution < 1.29 is 14.3 Å². The number of nitrogens with zero attached hydrogens (tertiary/aromatic N) is 2. The highest BCUT2D eigenvalue weighted by Crippen LogP contribution is 2.25. The lowest BCUT2D eigenvalue weighted by Gasteiger charge is -2.13. The van der Waals surface area contributed by atoms with Gasteiger partial charge in [-0.25, -0.2) is 4.98 Å². The number of fused-ring (bicyclic) bond motifs is 1. The van der Waals surface area contributed by atoms with Crippen LogP contribution < -0.4 is 10.1 Å². The zero-order chi connectivity index (χ0) is 18.1. The number of aromatic amines is 1. The molecule has 26 heavy (non-hydrogen) atoms. The molecule has 1 aromatic carbocycles. The molecule has 1 saturated heterocycles. The van der Waals surface area contributed by atoms with E-state index in [1.807, 2.05) is 37.3 Å². The largest absolute Gasteiger partial charge is 0.483 e. The fraction of sp³-hybridized carbons (Fsp3) is 0.222. The predicted octanol–water partition coefficient (Wildman–Crippen LogP) is 2.99. The molecule has 7 nitrogen and oxygen atoms in total. The minimum absolute atomic E-state index is 0.228. The lowest BCUT2D eigenvalue weighted by molar-refractivity contribution is -0.118. The van der Waals surface area contributed by atoms with Crippen molar-refractivity contribution >= 4 is 33.9 Å². The fourth-order valence-electron chi connectivity index (χ4n) is 2.77. The predicted molar refractivity (Wildman–Crippen MR) is 98.0 cm³/mol. The lowest BCUT2D eigenvalue weighted by Crippen LogP contribution is -2.25. The zero-order valence-electron chi connectivity index (χ0n) is 13.9. The Labute approximate surface area is 153 Å². The van der Waals surface area contributed by atoms with Crippen LogP contribution in [0.2, 0.25) is 0 Å². The Hall–Kier alpha value is -2.87. The fourth-order valence-corrected chi connectivity index (χ4v) is 3.63. The van der Waals surface area contributed by atoms with E-state index in [1.165, 1.54) is 0 Å². The Bertz CT molecular complexity index is 937. The number of benzene rings is 1. The third-order valence-electron chi connectivity index (χ3n) is 4.11. The van der Waals surface area contributed by atoms with Gasteiger partial charge in [0.2, 0.25) is 5.91 Å². The molecule has 1 aliphatic heterocycles. The topological polar surface area (TPSA) is 97.0 Å². The number of carbonyl (C=O) groups is 2. The summed E-state index contributed by atoms with van der Waals surface area (Å²) >= 11 is 1.03. The van der Waals surface area contributed by atoms with Crippen molar-refractivity contribution in [1.82, 2.24) is 20.3 Å². The molecule has 0 saturated carbocycles. The molecule has 0 radical (unpaired) electrons. The minimum atomic E-state index is -0.364. The minimum Gasteiger partial charge on any atom is -0.483 e. The molecule has 1 aliphatic rings. The summed E-state index contributed by atoms with van der Waals surface area (Å²) in [6.07, 6.45) is 3.68. The summed E-state index contributed by atoms with van der Waals surface area (Å²) in [5.74, 6) is 1.21. The van der Waals surface area contributed by atoms with Gasteiger partial charge in [-0.1, -0.05) is 23.9 Å². The zero-order valence-corrected chi connectivity index (χ0v) is 14.7. The molecular weight excluding hydrogens is 352 g/mol. The molecule has 132 valence electrons. The van der Waals surface area contributed by atoms with Crippen LogP contribution in [0.5, 0.6) is 5.75 Å². The van der Waals surface area contributed by atoms with E-state index in [-0.39, 0.29) is 22.5 Å². The summed E-state index contributed by atoms with van der Waals surface area (Å²) in [5, 5.41) is 1.65. The SMILES string of the molecule is CC(Oc1ccc(CC2SC(=O)NC2=O)cc1)c1nc2cnccc2[nH]1. The van der Waals surface area contributed by atoms with Gasteiger partial charge in [-0.15, -0.1) is 0 Å². The summed E-state index contributed by atoms with van der Waals surface area (Å²) < 4.78 is 5.94. The van der Waals surface area contributed by atoms with Crippen LogP contribution in [0.1, 0.15) is 24.4 Å². The molecule has 3 aromatic rings. The van der Waals surface area contributed by atoms with Gasteiger partial charge in [-0.3, -0.25) is 19.9 Å². The van der Waals surface area contributed by atoms with Crippen molar-refractivity contribution in [3.63, 3.8) is 0 Å². The number of carbonyl (C=O) groups excluding carboxylic acids is 2. The maximum absolute atomic E-state index is 11.6. The van der Waals surface area contributed by atoms with Gasteiger partial charge >= 0.3 is 0 Å². The van der Waals surface area contributed by atoms with E-state index >= 15 is 0 Å². The van der Waals surface area contributed by atoms with Crippen molar-refractivity contribution in [2.75, 3.05) is 0 Å². The van der Waals surface area contributed by atoms with Crippen LogP contribution in [0.3, 0.4) is 0 Å². The Kier molecular flexibility index (Phi) is 4.34. The molecule has 2 atom stereocenters. The highest BCUT2D eigenvalue weighted by atomic mass is 32.2. The van der Waals surface area contributed by atoms with Crippen LogP contribution in [0.4, 0.5) is 4.79 Å². The third-order valence-corrected chi connectivity index (χ3v) is 5.09. The summed E-state index contributed by atoms with van der Waals surface area (Å²) in [6.45, 7) is 1.92. The van der Waals surface area contributed by atoms with E-state index in [0.717, 1.165) is 34.2 Å². The number of hydrogen-bond acceptors (Lipinski definition) is 6. The molecule has 4 rings (SSSR count). The van der Waals surface area contributed by atoms with Gasteiger partial charge in [0.15, 0.2) is 6.10 Å². The number of amides is 2. The molecule has 2 N–H and O–H groups in total. The second-order valence-corrected chi connectivity index (χ2v) is 7.18. The van der Waals surface area contributed by atoms with Crippen LogP contribution in [0.15, 0.2) is 42.7 Å². The van der Waals surface area contributed by atoms with Gasteiger partial charge in [-0.2, -0.15) is 0 Å². The van der Waals surface area contributed by atoms with Crippen LogP contribution in [-0.2, 0) is 11.2 Å². The number of aromatic nitrogens is 3. The second kappa shape index (κ2) is 6.80. The Morgan fingerprint density at radius 1 is 1.23 bits per heavy atom. The summed E-state index contributed by atoms with van der Waals surface area (Å²) in [7, 11) is 0. The third kappa shape index (κ3) is 3.41. The monoisotopic (exact) mass is 368 g/mol. The summed E-state index contributed by atoms with van der Waals surface area (Å²) in [6, 6.07) is 9.39. The normalized spacial score (nSPS) is 18.1. The molecule has 8 heteroatoms. The van der Waals surface area contributed by atoms with Crippen LogP contribution in [0, 0.1) is 0 Å². The standard InChI is InChI=1S/C18H16N4O3S/c1-10(16-20-13-6-7-19-9-14(13)21-16)25-12-4-2-11(3-5-12)8-15-17(23)22-18(24)26-15/h2-7,9-10,15H,8H2,1H3,(H,20,21)(H,22,23,24). The molecule has 1 fully saturated rings. The number of hydrogen-bond donors (Lipinski definition) is 2. The van der Waals surface area contributed by atoms with Crippen LogP contribution >= 0.6 is 11.8 Å². The van der Waals surface area contributed by atoms with Crippen molar-refractivity contribution in [2.45, 2.75) is 24.7 Å². The highest BCUT2D eigenvalue weighted by molar-refractivity contribution is 8.15. The van der Waals surface area contributed by atoms with Gasteiger partial charge in [0, 0.05) is 6.20 Å². The Balaban J connectivity index is 1.42. The number of H-pyrrole nitrogens is 1. The van der Waals surface area contributed by atoms with Gasteiger partial charge in [-0.05, 0) is 37.1 Å². The van der Waals surface area contributed by atoms with Gasteiger partial charge in [0.1, 0.15) is 17.1 Å².